The number of carbonyl (C=O) groups excluding carboxylic acids is 1. The van der Waals surface area contributed by atoms with Crippen molar-refractivity contribution in [2.75, 3.05) is 0 Å². The second-order valence-electron chi connectivity index (χ2n) is 3.37. The van der Waals surface area contributed by atoms with Crippen molar-refractivity contribution in [1.82, 2.24) is 5.32 Å². The number of benzene rings is 1. The Kier molecular flexibility index (Phi) is 4.48. The third-order valence-electron chi connectivity index (χ3n) is 2.01. The van der Waals surface area contributed by atoms with Gasteiger partial charge in [0.1, 0.15) is 6.04 Å². The summed E-state index contributed by atoms with van der Waals surface area (Å²) < 4.78 is 0. The van der Waals surface area contributed by atoms with E-state index in [1.165, 1.54) is 6.92 Å². The van der Waals surface area contributed by atoms with Gasteiger partial charge in [-0.2, -0.15) is 5.26 Å². The predicted octanol–water partition coefficient (Wildman–Crippen LogP) is 2.54. The van der Waals surface area contributed by atoms with Gasteiger partial charge in [0, 0.05) is 12.1 Å². The van der Waals surface area contributed by atoms with Crippen LogP contribution >= 0.6 is 23.2 Å². The van der Waals surface area contributed by atoms with Gasteiger partial charge in [-0.15, -0.1) is 0 Å². The van der Waals surface area contributed by atoms with Crippen LogP contribution in [0.5, 0.6) is 0 Å². The summed E-state index contributed by atoms with van der Waals surface area (Å²) in [7, 11) is 0. The van der Waals surface area contributed by atoms with Crippen molar-refractivity contribution in [2.24, 2.45) is 0 Å². The summed E-state index contributed by atoms with van der Waals surface area (Å²) >= 11 is 11.5. The molecule has 1 unspecified atom stereocenters. The third kappa shape index (κ3) is 3.09. The van der Waals surface area contributed by atoms with Crippen molar-refractivity contribution in [3.05, 3.63) is 37.9 Å². The molecule has 0 aliphatic heterocycles. The zero-order valence-corrected chi connectivity index (χ0v) is 10.6. The van der Waals surface area contributed by atoms with Crippen molar-refractivity contribution in [3.8, 4) is 6.07 Å². The lowest BCUT2D eigenvalue weighted by molar-refractivity contribution is -0.384. The molecule has 0 heterocycles. The van der Waals surface area contributed by atoms with Crippen LogP contribution in [0.25, 0.3) is 0 Å². The second-order valence-corrected chi connectivity index (χ2v) is 4.16. The lowest BCUT2D eigenvalue weighted by atomic mass is 10.1. The molecule has 1 N–H and O–H groups in total. The highest BCUT2D eigenvalue weighted by molar-refractivity contribution is 6.44. The molecule has 0 aromatic heterocycles. The number of halogens is 2. The predicted molar refractivity (Wildman–Crippen MR) is 65.7 cm³/mol. The number of hydrogen-bond acceptors (Lipinski definition) is 4. The number of nitrogens with one attached hydrogen (secondary N) is 1. The molecule has 1 atom stereocenters. The summed E-state index contributed by atoms with van der Waals surface area (Å²) in [5.41, 5.74) is -0.489. The number of non-ortho nitro benzene ring substituents is 1. The number of nitriles is 1. The first-order chi connectivity index (χ1) is 8.36. The molecular weight excluding hydrogens is 281 g/mol. The van der Waals surface area contributed by atoms with Crippen LogP contribution in [0.15, 0.2) is 12.1 Å². The molecule has 0 bridgehead atoms. The van der Waals surface area contributed by atoms with Crippen LogP contribution in [0.2, 0.25) is 10.0 Å². The van der Waals surface area contributed by atoms with E-state index >= 15 is 0 Å². The molecule has 0 saturated carbocycles. The summed E-state index contributed by atoms with van der Waals surface area (Å²) in [4.78, 5) is 21.7. The molecule has 6 nitrogen and oxygen atoms in total. The lowest BCUT2D eigenvalue weighted by Crippen LogP contribution is -2.31. The Balaban J connectivity index is 3.19. The van der Waals surface area contributed by atoms with Crippen LogP contribution in [0, 0.1) is 21.4 Å². The first-order valence-corrected chi connectivity index (χ1v) is 5.46. The maximum atomic E-state index is 11.7. The van der Waals surface area contributed by atoms with Gasteiger partial charge >= 0.3 is 0 Å². The maximum absolute atomic E-state index is 11.7. The zero-order chi connectivity index (χ0) is 13.9. The molecule has 1 rings (SSSR count). The van der Waals surface area contributed by atoms with Gasteiger partial charge in [0.2, 0.25) is 0 Å². The quantitative estimate of drug-likeness (QED) is 0.682. The van der Waals surface area contributed by atoms with Crippen LogP contribution in [-0.2, 0) is 0 Å². The average molecular weight is 288 g/mol. The Morgan fingerprint density at radius 2 is 2.17 bits per heavy atom. The van der Waals surface area contributed by atoms with Crippen molar-refractivity contribution >= 4 is 34.8 Å². The fourth-order valence-corrected chi connectivity index (χ4v) is 1.56. The van der Waals surface area contributed by atoms with Gasteiger partial charge in [0.25, 0.3) is 11.6 Å². The van der Waals surface area contributed by atoms with E-state index in [1.54, 1.807) is 6.07 Å². The maximum Gasteiger partial charge on any atom is 0.271 e. The number of nitro benzene ring substituents is 1. The standard InChI is InChI=1S/C10H7Cl2N3O3/c1-5(4-13)14-10(16)7-2-6(15(17)18)3-8(11)9(7)12/h2-3,5H,1H3,(H,14,16). The van der Waals surface area contributed by atoms with Crippen LogP contribution in [-0.4, -0.2) is 16.9 Å². The number of rotatable bonds is 3. The minimum Gasteiger partial charge on any atom is -0.336 e. The smallest absolute Gasteiger partial charge is 0.271 e. The van der Waals surface area contributed by atoms with Crippen molar-refractivity contribution in [1.29, 1.82) is 5.26 Å². The van der Waals surface area contributed by atoms with E-state index in [2.05, 4.69) is 5.32 Å². The monoisotopic (exact) mass is 287 g/mol. The molecule has 1 amide bonds. The van der Waals surface area contributed by atoms with Crippen LogP contribution in [0.3, 0.4) is 0 Å². The van der Waals surface area contributed by atoms with Gasteiger partial charge in [0.15, 0.2) is 0 Å². The minimum absolute atomic E-state index is 0.0927. The summed E-state index contributed by atoms with van der Waals surface area (Å²) in [6.07, 6.45) is 0. The van der Waals surface area contributed by atoms with Crippen molar-refractivity contribution in [2.45, 2.75) is 13.0 Å². The Bertz CT molecular complexity index is 554. The van der Waals surface area contributed by atoms with Gasteiger partial charge in [-0.1, -0.05) is 23.2 Å². The first-order valence-electron chi connectivity index (χ1n) is 4.70. The van der Waals surface area contributed by atoms with Gasteiger partial charge in [-0.25, -0.2) is 0 Å². The Hall–Kier alpha value is -1.84. The van der Waals surface area contributed by atoms with E-state index < -0.39 is 16.9 Å². The topological polar surface area (TPSA) is 96.0 Å². The molecule has 0 radical (unpaired) electrons. The van der Waals surface area contributed by atoms with Gasteiger partial charge < -0.3 is 5.32 Å². The molecule has 1 aromatic carbocycles. The molecule has 1 aromatic rings. The molecule has 0 saturated heterocycles. The summed E-state index contributed by atoms with van der Waals surface area (Å²) in [6, 6.07) is 3.11. The Morgan fingerprint density at radius 3 is 2.67 bits per heavy atom. The summed E-state index contributed by atoms with van der Waals surface area (Å²) in [6.45, 7) is 1.46. The fourth-order valence-electron chi connectivity index (χ4n) is 1.15. The molecule has 0 aliphatic carbocycles. The van der Waals surface area contributed by atoms with Crippen molar-refractivity contribution < 1.29 is 9.72 Å². The number of amides is 1. The number of nitro groups is 1. The van der Waals surface area contributed by atoms with E-state index in [9.17, 15) is 14.9 Å². The highest BCUT2D eigenvalue weighted by Gasteiger charge is 2.20. The van der Waals surface area contributed by atoms with E-state index in [0.717, 1.165) is 12.1 Å². The van der Waals surface area contributed by atoms with E-state index in [-0.39, 0.29) is 21.3 Å². The summed E-state index contributed by atoms with van der Waals surface area (Å²) in [5, 5.41) is 21.3. The molecule has 8 heteroatoms. The highest BCUT2D eigenvalue weighted by atomic mass is 35.5. The SMILES string of the molecule is CC(C#N)NC(=O)c1cc([N+](=O)[O-])cc(Cl)c1Cl. The molecule has 0 fully saturated rings. The molecular formula is C10H7Cl2N3O3. The first kappa shape index (κ1) is 14.2. The lowest BCUT2D eigenvalue weighted by Gasteiger charge is -2.08. The van der Waals surface area contributed by atoms with Crippen molar-refractivity contribution in [3.63, 3.8) is 0 Å². The number of nitrogens with zero attached hydrogens (tertiary/aromatic N) is 2. The Morgan fingerprint density at radius 1 is 1.56 bits per heavy atom. The van der Waals surface area contributed by atoms with Gasteiger partial charge in [-0.05, 0) is 6.92 Å². The molecule has 0 aliphatic rings. The molecule has 94 valence electrons. The fraction of sp³-hybridized carbons (Fsp3) is 0.200. The molecule has 18 heavy (non-hydrogen) atoms. The van der Waals surface area contributed by atoms with Gasteiger partial charge in [0.05, 0.1) is 26.6 Å². The minimum atomic E-state index is -0.744. The summed E-state index contributed by atoms with van der Waals surface area (Å²) in [5.74, 6) is -0.695. The normalized spacial score (nSPS) is 11.4. The van der Waals surface area contributed by atoms with Crippen LogP contribution in [0.4, 0.5) is 5.69 Å². The average Bonchev–Trinajstić information content (AvgIpc) is 2.31. The van der Waals surface area contributed by atoms with Crippen LogP contribution < -0.4 is 5.32 Å². The third-order valence-corrected chi connectivity index (χ3v) is 2.81. The van der Waals surface area contributed by atoms with E-state index in [4.69, 9.17) is 28.5 Å². The zero-order valence-electron chi connectivity index (χ0n) is 9.11. The van der Waals surface area contributed by atoms with E-state index in [0.29, 0.717) is 0 Å². The van der Waals surface area contributed by atoms with Crippen LogP contribution in [0.1, 0.15) is 17.3 Å². The number of carbonyl (C=O) groups is 1. The largest absolute Gasteiger partial charge is 0.336 e. The van der Waals surface area contributed by atoms with E-state index in [1.807, 2.05) is 0 Å². The second kappa shape index (κ2) is 5.67. The molecule has 0 spiro atoms. The highest BCUT2D eigenvalue weighted by Crippen LogP contribution is 2.30. The Labute approximate surface area is 112 Å². The number of hydrogen-bond donors (Lipinski definition) is 1. The van der Waals surface area contributed by atoms with Gasteiger partial charge in [-0.3, -0.25) is 14.9 Å².